The van der Waals surface area contributed by atoms with Gasteiger partial charge in [0.2, 0.25) is 0 Å². The van der Waals surface area contributed by atoms with Crippen molar-refractivity contribution in [2.24, 2.45) is 0 Å². The first-order chi connectivity index (χ1) is 27.8. The molecule has 5 heterocycles. The lowest BCUT2D eigenvalue weighted by molar-refractivity contribution is -0.132. The Labute approximate surface area is 331 Å². The maximum absolute atomic E-state index is 14.9. The molecule has 2 aliphatic rings. The lowest BCUT2D eigenvalue weighted by atomic mass is 10.1. The number of nitrogens with two attached hydrogens (primary N) is 1. The van der Waals surface area contributed by atoms with Gasteiger partial charge in [0.25, 0.3) is 5.56 Å². The van der Waals surface area contributed by atoms with Crippen LogP contribution in [0.3, 0.4) is 0 Å². The van der Waals surface area contributed by atoms with Gasteiger partial charge in [0.15, 0.2) is 24.0 Å². The highest BCUT2D eigenvalue weighted by Gasteiger charge is 2.52. The number of methoxy groups -OCH3 is 1. The number of nitrogens with one attached hydrogen (secondary N) is 1. The number of H-pyrrole nitrogens is 1. The lowest BCUT2D eigenvalue weighted by Gasteiger charge is -2.29. The van der Waals surface area contributed by atoms with E-state index < -0.39 is 79.8 Å². The number of imidazole rings is 1. The summed E-state index contributed by atoms with van der Waals surface area (Å²) in [6.07, 6.45) is -4.87. The van der Waals surface area contributed by atoms with Crippen LogP contribution in [0.2, 0.25) is 0 Å². The first-order valence-electron chi connectivity index (χ1n) is 17.4. The molecule has 306 valence electrons. The quantitative estimate of drug-likeness (QED) is 0.0707. The van der Waals surface area contributed by atoms with E-state index in [1.54, 1.807) is 12.1 Å². The van der Waals surface area contributed by atoms with E-state index >= 15 is 0 Å². The number of hydrogen-bond donors (Lipinski definition) is 4. The van der Waals surface area contributed by atoms with Crippen molar-refractivity contribution in [1.29, 1.82) is 0 Å². The fourth-order valence-electron chi connectivity index (χ4n) is 6.22. The minimum absolute atomic E-state index is 0.0183. The highest BCUT2D eigenvalue weighted by Crippen LogP contribution is 2.65. The number of aliphatic hydroxyl groups excluding tert-OH is 2. The van der Waals surface area contributed by atoms with Gasteiger partial charge in [-0.05, 0) is 53.3 Å². The van der Waals surface area contributed by atoms with Gasteiger partial charge >= 0.3 is 24.4 Å². The molecule has 2 aliphatic heterocycles. The van der Waals surface area contributed by atoms with Crippen LogP contribution in [0.15, 0.2) is 83.0 Å². The number of anilines is 1. The van der Waals surface area contributed by atoms with Crippen LogP contribution >= 0.6 is 18.2 Å². The number of aromatic amines is 1. The summed E-state index contributed by atoms with van der Waals surface area (Å²) < 4.78 is 57.7. The molecule has 21 nitrogen and oxygen atoms in total. The molecule has 8 atom stereocenters. The van der Waals surface area contributed by atoms with Gasteiger partial charge in [-0.1, -0.05) is 12.1 Å². The van der Waals surface area contributed by atoms with E-state index in [9.17, 15) is 34.0 Å². The predicted molar refractivity (Wildman–Crippen MR) is 201 cm³/mol. The molecule has 2 fully saturated rings. The number of ether oxygens (including phenoxy) is 5. The molecule has 0 aliphatic carbocycles. The first-order valence-corrected chi connectivity index (χ1v) is 20.6. The molecule has 0 amide bonds. The van der Waals surface area contributed by atoms with Crippen LogP contribution in [0.5, 0.6) is 11.5 Å². The van der Waals surface area contributed by atoms with Crippen LogP contribution in [0.1, 0.15) is 41.7 Å². The van der Waals surface area contributed by atoms with Crippen LogP contribution in [0, 0.1) is 0 Å². The molecule has 0 radical (unpaired) electrons. The summed E-state index contributed by atoms with van der Waals surface area (Å²) in [5, 5.41) is 21.4. The fraction of sp³-hybridized carbons (Fsp3) is 0.343. The van der Waals surface area contributed by atoms with E-state index in [1.807, 2.05) is 0 Å². The number of esters is 2. The van der Waals surface area contributed by atoms with E-state index in [2.05, 4.69) is 19.9 Å². The van der Waals surface area contributed by atoms with Crippen molar-refractivity contribution in [1.82, 2.24) is 29.1 Å². The maximum atomic E-state index is 14.9. The number of aliphatic hydroxyl groups is 2. The van der Waals surface area contributed by atoms with Gasteiger partial charge in [-0.3, -0.25) is 32.8 Å². The Morgan fingerprint density at radius 2 is 1.71 bits per heavy atom. The van der Waals surface area contributed by atoms with Gasteiger partial charge in [-0.15, -0.1) is 0 Å². The molecular formula is C35H36N7O14PS. The molecule has 7 rings (SSSR count). The first kappa shape index (κ1) is 40.9. The topological polar surface area (TPSA) is 281 Å². The highest BCUT2D eigenvalue weighted by atomic mass is 32.7. The van der Waals surface area contributed by atoms with E-state index in [0.717, 1.165) is 10.6 Å². The molecule has 3 aromatic heterocycles. The van der Waals surface area contributed by atoms with Crippen molar-refractivity contribution < 1.29 is 57.1 Å². The number of nitrogen functional groups attached to an aromatic ring is 1. The van der Waals surface area contributed by atoms with Gasteiger partial charge in [-0.25, -0.2) is 29.1 Å². The zero-order chi connectivity index (χ0) is 41.1. The van der Waals surface area contributed by atoms with Gasteiger partial charge in [0.1, 0.15) is 54.0 Å². The van der Waals surface area contributed by atoms with Crippen LogP contribution in [0.4, 0.5) is 5.82 Å². The number of rotatable bonds is 14. The molecule has 0 bridgehead atoms. The summed E-state index contributed by atoms with van der Waals surface area (Å²) in [5.41, 5.74) is 5.88. The summed E-state index contributed by atoms with van der Waals surface area (Å²) in [6.45, 7) is -3.88. The standard InChI is InChI=1S/C35H36N7O14PS/c1-18(44)51-21-9-5-20(6-10-21)33(47)52-22-7-3-19(4-8-22)15-58-57(49,55-28-24(14-43)53-32(29(28)50-2)41-12-11-25(46)40-35(41)48)56-34-23(45)13-26(54-34)42-17-39-27-30(36)37-16-38-31(27)42/h3-12,16-17,23-24,26,28-29,32,34,43,45H,13-15H2,1-2H3,(H2,36,37,38)(H,40,46,48)/t23-,24-,26-,28?,29+,32-,34-,57?/m1/s1. The Balaban J connectivity index is 1.10. The van der Waals surface area contributed by atoms with Crippen molar-refractivity contribution >= 4 is 47.1 Å². The molecule has 2 unspecified atom stereocenters. The molecular weight excluding hydrogens is 805 g/mol. The Kier molecular flexibility index (Phi) is 12.2. The fourth-order valence-corrected chi connectivity index (χ4v) is 9.73. The van der Waals surface area contributed by atoms with E-state index in [1.165, 1.54) is 73.9 Å². The van der Waals surface area contributed by atoms with Crippen molar-refractivity contribution in [3.63, 3.8) is 0 Å². The highest BCUT2D eigenvalue weighted by molar-refractivity contribution is 8.54. The van der Waals surface area contributed by atoms with Gasteiger partial charge in [0, 0.05) is 38.5 Å². The largest absolute Gasteiger partial charge is 0.427 e. The lowest BCUT2D eigenvalue weighted by Crippen LogP contribution is -2.40. The van der Waals surface area contributed by atoms with Gasteiger partial charge in [-0.2, -0.15) is 0 Å². The monoisotopic (exact) mass is 841 g/mol. The van der Waals surface area contributed by atoms with Gasteiger partial charge < -0.3 is 39.6 Å². The Hall–Kier alpha value is -5.29. The van der Waals surface area contributed by atoms with E-state index in [0.29, 0.717) is 28.1 Å². The number of carbonyl (C=O) groups is 2. The molecule has 5 aromatic rings. The smallest absolute Gasteiger partial charge is 0.392 e. The van der Waals surface area contributed by atoms with Crippen LogP contribution < -0.4 is 26.5 Å². The average molecular weight is 842 g/mol. The number of benzene rings is 2. The Morgan fingerprint density at radius 1 is 0.983 bits per heavy atom. The number of aromatic nitrogens is 6. The van der Waals surface area contributed by atoms with E-state index in [4.69, 9.17) is 38.5 Å². The van der Waals surface area contributed by atoms with Crippen molar-refractivity contribution in [3.05, 3.63) is 105 Å². The minimum Gasteiger partial charge on any atom is -0.427 e. The third kappa shape index (κ3) is 8.89. The second kappa shape index (κ2) is 17.3. The zero-order valence-electron chi connectivity index (χ0n) is 30.6. The molecule has 2 saturated heterocycles. The Morgan fingerprint density at radius 3 is 2.40 bits per heavy atom. The van der Waals surface area contributed by atoms with Crippen molar-refractivity contribution in [2.75, 3.05) is 19.5 Å². The summed E-state index contributed by atoms with van der Waals surface area (Å²) in [6, 6.07) is 13.2. The summed E-state index contributed by atoms with van der Waals surface area (Å²) in [7, 11) is 1.29. The minimum atomic E-state index is -4.48. The molecule has 0 saturated carbocycles. The van der Waals surface area contributed by atoms with E-state index in [-0.39, 0.29) is 35.1 Å². The summed E-state index contributed by atoms with van der Waals surface area (Å²) >= 11 is 0.717. The number of hydrogen-bond acceptors (Lipinski definition) is 19. The third-order valence-corrected chi connectivity index (χ3v) is 12.6. The molecule has 23 heteroatoms. The third-order valence-electron chi connectivity index (χ3n) is 8.97. The average Bonchev–Trinajstić information content (AvgIpc) is 3.89. The molecule has 58 heavy (non-hydrogen) atoms. The summed E-state index contributed by atoms with van der Waals surface area (Å²) in [4.78, 5) is 62.9. The summed E-state index contributed by atoms with van der Waals surface area (Å²) in [5.74, 6) is -0.579. The SMILES string of the molecule is CO[C@H]1C(OP(=O)(O[C@H]2O[C@@H](n3cnc4c(N)ncnc43)C[C@H]2O)SCc2ccc(OC(=O)c3ccc(OC(C)=O)cc3)cc2)[C@@H](CO)O[C@H]1n1ccc(=O)[nH]c1=O. The number of fused-ring (bicyclic) bond motifs is 1. The van der Waals surface area contributed by atoms with Crippen LogP contribution in [-0.2, 0) is 38.4 Å². The second-order valence-corrected chi connectivity index (χ2v) is 16.8. The van der Waals surface area contributed by atoms with Crippen LogP contribution in [0.25, 0.3) is 11.2 Å². The molecule has 0 spiro atoms. The predicted octanol–water partition coefficient (Wildman–Crippen LogP) is 2.06. The van der Waals surface area contributed by atoms with Crippen LogP contribution in [-0.4, -0.2) is 95.6 Å². The van der Waals surface area contributed by atoms with Crippen molar-refractivity contribution in [3.8, 4) is 11.5 Å². The van der Waals surface area contributed by atoms with Gasteiger partial charge in [0.05, 0.1) is 18.5 Å². The maximum Gasteiger partial charge on any atom is 0.392 e. The molecule has 5 N–H and O–H groups in total. The number of nitrogens with zero attached hydrogens (tertiary/aromatic N) is 5. The zero-order valence-corrected chi connectivity index (χ0v) is 32.3. The number of carbonyl (C=O) groups excluding carboxylic acids is 2. The van der Waals surface area contributed by atoms with Crippen molar-refractivity contribution in [2.45, 2.75) is 62.3 Å². The Bertz CT molecular complexity index is 2450. The second-order valence-electron chi connectivity index (χ2n) is 12.9. The molecule has 2 aromatic carbocycles. The normalized spacial score (nSPS) is 24.1.